The molecular formula is C11H13F3N2O3S. The summed E-state index contributed by atoms with van der Waals surface area (Å²) in [7, 11) is 0. The molecule has 1 aromatic rings. The summed E-state index contributed by atoms with van der Waals surface area (Å²) in [5, 5.41) is 12.5. The van der Waals surface area contributed by atoms with Crippen molar-refractivity contribution in [2.45, 2.75) is 26.1 Å². The number of amides is 2. The topological polar surface area (TPSA) is 69.6 Å². The van der Waals surface area contributed by atoms with E-state index < -0.39 is 30.8 Å². The molecular weight excluding hydrogens is 297 g/mol. The molecule has 0 radical (unpaired) electrons. The van der Waals surface area contributed by atoms with Gasteiger partial charge in [-0.3, -0.25) is 5.32 Å². The molecule has 0 spiro atoms. The van der Waals surface area contributed by atoms with Crippen molar-refractivity contribution < 1.29 is 27.9 Å². The van der Waals surface area contributed by atoms with Crippen LogP contribution in [0.2, 0.25) is 0 Å². The van der Waals surface area contributed by atoms with Crippen LogP contribution in [0.25, 0.3) is 0 Å². The van der Waals surface area contributed by atoms with E-state index in [-0.39, 0.29) is 10.6 Å². The van der Waals surface area contributed by atoms with Crippen LogP contribution in [0.4, 0.5) is 23.0 Å². The highest BCUT2D eigenvalue weighted by atomic mass is 32.1. The zero-order valence-corrected chi connectivity index (χ0v) is 11.5. The van der Waals surface area contributed by atoms with E-state index in [4.69, 9.17) is 5.11 Å². The molecule has 0 saturated carbocycles. The average Bonchev–Trinajstić information content (AvgIpc) is 2.72. The van der Waals surface area contributed by atoms with Crippen molar-refractivity contribution in [1.29, 1.82) is 0 Å². The summed E-state index contributed by atoms with van der Waals surface area (Å²) in [4.78, 5) is 23.3. The Hall–Kier alpha value is -1.77. The maximum atomic E-state index is 12.4. The molecule has 1 rings (SSSR count). The van der Waals surface area contributed by atoms with Gasteiger partial charge in [-0.25, -0.2) is 9.59 Å². The number of halogens is 3. The van der Waals surface area contributed by atoms with Gasteiger partial charge >= 0.3 is 18.2 Å². The second-order valence-electron chi connectivity index (χ2n) is 4.24. The number of alkyl halides is 3. The SMILES string of the molecule is CC(C)N(CC(F)(F)F)C(=O)Nc1sccc1C(=O)O. The number of carboxylic acids is 1. The summed E-state index contributed by atoms with van der Waals surface area (Å²) >= 11 is 0.933. The monoisotopic (exact) mass is 310 g/mol. The number of carbonyl (C=O) groups excluding carboxylic acids is 1. The van der Waals surface area contributed by atoms with Crippen LogP contribution >= 0.6 is 11.3 Å². The molecule has 1 heterocycles. The third-order valence-electron chi connectivity index (χ3n) is 2.35. The van der Waals surface area contributed by atoms with Gasteiger partial charge in [0.1, 0.15) is 11.5 Å². The van der Waals surface area contributed by atoms with E-state index in [2.05, 4.69) is 5.32 Å². The minimum Gasteiger partial charge on any atom is -0.478 e. The number of thiophene rings is 1. The van der Waals surface area contributed by atoms with Crippen molar-refractivity contribution in [2.75, 3.05) is 11.9 Å². The first-order valence-corrected chi connectivity index (χ1v) is 6.45. The number of hydrogen-bond acceptors (Lipinski definition) is 3. The molecule has 2 amide bonds. The van der Waals surface area contributed by atoms with Gasteiger partial charge in [-0.1, -0.05) is 0 Å². The van der Waals surface area contributed by atoms with E-state index in [1.54, 1.807) is 0 Å². The molecule has 0 aliphatic heterocycles. The first kappa shape index (κ1) is 16.3. The predicted octanol–water partition coefficient (Wildman–Crippen LogP) is 3.25. The summed E-state index contributed by atoms with van der Waals surface area (Å²) in [6.07, 6.45) is -4.52. The molecule has 0 aliphatic carbocycles. The van der Waals surface area contributed by atoms with Gasteiger partial charge in [0.25, 0.3) is 0 Å². The van der Waals surface area contributed by atoms with Crippen LogP contribution in [-0.2, 0) is 0 Å². The summed E-state index contributed by atoms with van der Waals surface area (Å²) in [5.74, 6) is -1.26. The van der Waals surface area contributed by atoms with Gasteiger partial charge in [-0.15, -0.1) is 11.3 Å². The van der Waals surface area contributed by atoms with Gasteiger partial charge in [-0.2, -0.15) is 13.2 Å². The fraction of sp³-hybridized carbons (Fsp3) is 0.455. The number of aromatic carboxylic acids is 1. The Morgan fingerprint density at radius 3 is 2.50 bits per heavy atom. The summed E-state index contributed by atoms with van der Waals surface area (Å²) in [6, 6.07) is -0.390. The minimum absolute atomic E-state index is 0.00956. The third kappa shape index (κ3) is 4.41. The Labute approximate surface area is 117 Å². The second-order valence-corrected chi connectivity index (χ2v) is 5.15. The molecule has 0 aromatic carbocycles. The van der Waals surface area contributed by atoms with Crippen LogP contribution < -0.4 is 5.32 Å². The van der Waals surface area contributed by atoms with Gasteiger partial charge in [0, 0.05) is 6.04 Å². The number of rotatable bonds is 4. The van der Waals surface area contributed by atoms with E-state index in [1.165, 1.54) is 25.3 Å². The Bertz CT molecular complexity index is 499. The molecule has 0 unspecified atom stereocenters. The van der Waals surface area contributed by atoms with Gasteiger partial charge in [0.05, 0.1) is 5.56 Å². The highest BCUT2D eigenvalue weighted by Gasteiger charge is 2.34. The number of nitrogens with zero attached hydrogens (tertiary/aromatic N) is 1. The van der Waals surface area contributed by atoms with Crippen molar-refractivity contribution in [2.24, 2.45) is 0 Å². The van der Waals surface area contributed by atoms with E-state index in [0.717, 1.165) is 11.3 Å². The second kappa shape index (κ2) is 6.12. The zero-order chi connectivity index (χ0) is 15.5. The van der Waals surface area contributed by atoms with E-state index >= 15 is 0 Å². The van der Waals surface area contributed by atoms with E-state index in [1.807, 2.05) is 0 Å². The molecule has 0 saturated heterocycles. The van der Waals surface area contributed by atoms with E-state index in [0.29, 0.717) is 4.90 Å². The standard InChI is InChI=1S/C11H13F3N2O3S/c1-6(2)16(5-11(12,13)14)10(19)15-8-7(9(17)18)3-4-20-8/h3-4,6H,5H2,1-2H3,(H,15,19)(H,17,18). The van der Waals surface area contributed by atoms with Crippen LogP contribution in [-0.4, -0.2) is 40.8 Å². The smallest absolute Gasteiger partial charge is 0.406 e. The van der Waals surface area contributed by atoms with Crippen molar-refractivity contribution in [1.82, 2.24) is 4.90 Å². The molecule has 1 aromatic heterocycles. The lowest BCUT2D eigenvalue weighted by Crippen LogP contribution is -2.45. The Morgan fingerprint density at radius 2 is 2.05 bits per heavy atom. The molecule has 2 N–H and O–H groups in total. The maximum absolute atomic E-state index is 12.4. The lowest BCUT2D eigenvalue weighted by molar-refractivity contribution is -0.142. The number of carboxylic acid groups (broad SMARTS) is 1. The Morgan fingerprint density at radius 1 is 1.45 bits per heavy atom. The summed E-state index contributed by atoms with van der Waals surface area (Å²) < 4.78 is 37.2. The molecule has 5 nitrogen and oxygen atoms in total. The maximum Gasteiger partial charge on any atom is 0.406 e. The fourth-order valence-corrected chi connectivity index (χ4v) is 2.19. The molecule has 112 valence electrons. The molecule has 20 heavy (non-hydrogen) atoms. The lowest BCUT2D eigenvalue weighted by Gasteiger charge is -2.27. The normalized spacial score (nSPS) is 11.5. The van der Waals surface area contributed by atoms with Crippen LogP contribution in [0.1, 0.15) is 24.2 Å². The van der Waals surface area contributed by atoms with Crippen LogP contribution in [0, 0.1) is 0 Å². The van der Waals surface area contributed by atoms with Crippen molar-refractivity contribution in [3.8, 4) is 0 Å². The summed E-state index contributed by atoms with van der Waals surface area (Å²) in [5.41, 5.74) is -0.154. The number of nitrogens with one attached hydrogen (secondary N) is 1. The minimum atomic E-state index is -4.52. The Balaban J connectivity index is 2.86. The van der Waals surface area contributed by atoms with Crippen LogP contribution in [0.5, 0.6) is 0 Å². The van der Waals surface area contributed by atoms with Crippen molar-refractivity contribution in [3.05, 3.63) is 17.0 Å². The highest BCUT2D eigenvalue weighted by Crippen LogP contribution is 2.25. The number of carbonyl (C=O) groups is 2. The zero-order valence-electron chi connectivity index (χ0n) is 10.7. The molecule has 0 fully saturated rings. The quantitative estimate of drug-likeness (QED) is 0.897. The third-order valence-corrected chi connectivity index (χ3v) is 3.18. The van der Waals surface area contributed by atoms with Gasteiger partial charge in [-0.05, 0) is 25.3 Å². The van der Waals surface area contributed by atoms with Crippen molar-refractivity contribution >= 4 is 28.3 Å². The molecule has 0 bridgehead atoms. The largest absolute Gasteiger partial charge is 0.478 e. The number of hydrogen-bond donors (Lipinski definition) is 2. The Kier molecular flexibility index (Phi) is 4.98. The average molecular weight is 310 g/mol. The molecule has 9 heteroatoms. The van der Waals surface area contributed by atoms with Crippen LogP contribution in [0.15, 0.2) is 11.4 Å². The molecule has 0 aliphatic rings. The summed E-state index contributed by atoms with van der Waals surface area (Å²) in [6.45, 7) is 1.49. The van der Waals surface area contributed by atoms with Gasteiger partial charge in [0.15, 0.2) is 0 Å². The molecule has 0 atom stereocenters. The first-order chi connectivity index (χ1) is 9.11. The number of urea groups is 1. The first-order valence-electron chi connectivity index (χ1n) is 5.57. The van der Waals surface area contributed by atoms with Crippen LogP contribution in [0.3, 0.4) is 0 Å². The van der Waals surface area contributed by atoms with E-state index in [9.17, 15) is 22.8 Å². The highest BCUT2D eigenvalue weighted by molar-refractivity contribution is 7.14. The number of anilines is 1. The van der Waals surface area contributed by atoms with Crippen molar-refractivity contribution in [3.63, 3.8) is 0 Å². The van der Waals surface area contributed by atoms with Gasteiger partial charge in [0.2, 0.25) is 0 Å². The predicted molar refractivity (Wildman–Crippen MR) is 68.2 cm³/mol. The lowest BCUT2D eigenvalue weighted by atomic mass is 10.3. The fourth-order valence-electron chi connectivity index (χ4n) is 1.43. The van der Waals surface area contributed by atoms with Gasteiger partial charge < -0.3 is 10.0 Å².